The molecule has 0 aliphatic carbocycles. The van der Waals surface area contributed by atoms with Gasteiger partial charge in [-0.2, -0.15) is 0 Å². The molecule has 86 valence electrons. The lowest BCUT2D eigenvalue weighted by atomic mass is 10.3. The van der Waals surface area contributed by atoms with Crippen LogP contribution in [-0.2, 0) is 18.3 Å². The Kier molecular flexibility index (Phi) is 4.81. The van der Waals surface area contributed by atoms with E-state index in [1.165, 1.54) is 5.69 Å². The van der Waals surface area contributed by atoms with Gasteiger partial charge >= 0.3 is 0 Å². The minimum atomic E-state index is -0.416. The van der Waals surface area contributed by atoms with E-state index < -0.39 is 6.10 Å². The molecule has 0 saturated heterocycles. The van der Waals surface area contributed by atoms with Crippen molar-refractivity contribution >= 4 is 0 Å². The zero-order chi connectivity index (χ0) is 11.3. The zero-order valence-electron chi connectivity index (χ0n) is 9.68. The Labute approximate surface area is 91.1 Å². The standard InChI is InChI=1S/C11H20N2O2/c1-12(8-11(14)9-15-3)7-10-5-4-6-13(10)2/h4-6,11,14H,7-9H2,1-3H3. The van der Waals surface area contributed by atoms with Crippen molar-refractivity contribution in [2.75, 3.05) is 27.3 Å². The first-order chi connectivity index (χ1) is 7.13. The van der Waals surface area contributed by atoms with Gasteiger partial charge in [0.1, 0.15) is 0 Å². The molecule has 0 amide bonds. The smallest absolute Gasteiger partial charge is 0.0900 e. The molecule has 1 atom stereocenters. The summed E-state index contributed by atoms with van der Waals surface area (Å²) in [6, 6.07) is 4.11. The highest BCUT2D eigenvalue weighted by molar-refractivity contribution is 5.06. The minimum absolute atomic E-state index is 0.386. The third kappa shape index (κ3) is 4.03. The Balaban J connectivity index is 2.36. The van der Waals surface area contributed by atoms with Crippen molar-refractivity contribution in [1.29, 1.82) is 0 Å². The van der Waals surface area contributed by atoms with Crippen molar-refractivity contribution in [3.63, 3.8) is 0 Å². The van der Waals surface area contributed by atoms with E-state index in [2.05, 4.69) is 15.5 Å². The van der Waals surface area contributed by atoms with Crippen LogP contribution in [0.1, 0.15) is 5.69 Å². The Morgan fingerprint density at radius 2 is 2.33 bits per heavy atom. The van der Waals surface area contributed by atoms with Gasteiger partial charge in [-0.25, -0.2) is 0 Å². The third-order valence-electron chi connectivity index (χ3n) is 2.36. The quantitative estimate of drug-likeness (QED) is 0.744. The minimum Gasteiger partial charge on any atom is -0.389 e. The molecule has 1 aromatic heterocycles. The van der Waals surface area contributed by atoms with Gasteiger partial charge in [0.05, 0.1) is 12.7 Å². The van der Waals surface area contributed by atoms with E-state index in [1.54, 1.807) is 7.11 Å². The molecular weight excluding hydrogens is 192 g/mol. The van der Waals surface area contributed by atoms with Crippen molar-refractivity contribution in [1.82, 2.24) is 9.47 Å². The molecule has 0 spiro atoms. The molecule has 0 radical (unpaired) electrons. The molecule has 0 fully saturated rings. The molecule has 1 aromatic rings. The molecule has 1 N–H and O–H groups in total. The second-order valence-corrected chi connectivity index (χ2v) is 3.92. The highest BCUT2D eigenvalue weighted by atomic mass is 16.5. The van der Waals surface area contributed by atoms with Crippen LogP contribution in [0.3, 0.4) is 0 Å². The molecule has 0 bridgehead atoms. The number of aliphatic hydroxyl groups excluding tert-OH is 1. The van der Waals surface area contributed by atoms with Crippen LogP contribution >= 0.6 is 0 Å². The summed E-state index contributed by atoms with van der Waals surface area (Å²) >= 11 is 0. The van der Waals surface area contributed by atoms with Gasteiger partial charge in [-0.15, -0.1) is 0 Å². The normalized spacial score (nSPS) is 13.4. The van der Waals surface area contributed by atoms with Crippen molar-refractivity contribution in [2.45, 2.75) is 12.6 Å². The van der Waals surface area contributed by atoms with Crippen LogP contribution in [0.2, 0.25) is 0 Å². The van der Waals surface area contributed by atoms with E-state index >= 15 is 0 Å². The third-order valence-corrected chi connectivity index (χ3v) is 2.36. The highest BCUT2D eigenvalue weighted by Crippen LogP contribution is 2.03. The molecule has 0 aromatic carbocycles. The monoisotopic (exact) mass is 212 g/mol. The molecule has 0 aliphatic heterocycles. The van der Waals surface area contributed by atoms with E-state index in [4.69, 9.17) is 4.74 Å². The number of aryl methyl sites for hydroxylation is 1. The summed E-state index contributed by atoms with van der Waals surface area (Å²) < 4.78 is 6.96. The largest absolute Gasteiger partial charge is 0.389 e. The molecular formula is C11H20N2O2. The number of aromatic nitrogens is 1. The maximum atomic E-state index is 9.54. The molecule has 1 rings (SSSR count). The first kappa shape index (κ1) is 12.2. The van der Waals surface area contributed by atoms with Gasteiger partial charge in [-0.3, -0.25) is 4.90 Å². The van der Waals surface area contributed by atoms with E-state index in [9.17, 15) is 5.11 Å². The summed E-state index contributed by atoms with van der Waals surface area (Å²) in [5, 5.41) is 9.54. The average Bonchev–Trinajstić information content (AvgIpc) is 2.52. The summed E-state index contributed by atoms with van der Waals surface area (Å²) in [6.07, 6.45) is 1.61. The van der Waals surface area contributed by atoms with Crippen molar-refractivity contribution in [2.24, 2.45) is 7.05 Å². The van der Waals surface area contributed by atoms with Crippen LogP contribution in [0.15, 0.2) is 18.3 Å². The van der Waals surface area contributed by atoms with Gasteiger partial charge in [0.25, 0.3) is 0 Å². The number of aliphatic hydroxyl groups is 1. The molecule has 1 heterocycles. The number of likely N-dealkylation sites (N-methyl/N-ethyl adjacent to an activating group) is 1. The maximum absolute atomic E-state index is 9.54. The highest BCUT2D eigenvalue weighted by Gasteiger charge is 2.09. The fourth-order valence-corrected chi connectivity index (χ4v) is 1.61. The van der Waals surface area contributed by atoms with Crippen LogP contribution in [0.25, 0.3) is 0 Å². The second-order valence-electron chi connectivity index (χ2n) is 3.92. The average molecular weight is 212 g/mol. The number of hydrogen-bond donors (Lipinski definition) is 1. The summed E-state index contributed by atoms with van der Waals surface area (Å²) in [5.41, 5.74) is 1.24. The van der Waals surface area contributed by atoms with E-state index in [0.717, 1.165) is 6.54 Å². The molecule has 0 aliphatic rings. The van der Waals surface area contributed by atoms with Crippen LogP contribution < -0.4 is 0 Å². The van der Waals surface area contributed by atoms with E-state index in [-0.39, 0.29) is 0 Å². The summed E-state index contributed by atoms with van der Waals surface area (Å²) in [7, 11) is 5.61. The fraction of sp³-hybridized carbons (Fsp3) is 0.636. The Morgan fingerprint density at radius 1 is 1.60 bits per heavy atom. The number of hydrogen-bond acceptors (Lipinski definition) is 3. The van der Waals surface area contributed by atoms with Crippen molar-refractivity contribution in [3.8, 4) is 0 Å². The van der Waals surface area contributed by atoms with Gasteiger partial charge < -0.3 is 14.4 Å². The predicted molar refractivity (Wildman–Crippen MR) is 59.6 cm³/mol. The molecule has 1 unspecified atom stereocenters. The lowest BCUT2D eigenvalue weighted by Gasteiger charge is -2.20. The van der Waals surface area contributed by atoms with E-state index in [1.807, 2.05) is 26.4 Å². The number of nitrogens with zero attached hydrogens (tertiary/aromatic N) is 2. The molecule has 0 saturated carbocycles. The zero-order valence-corrected chi connectivity index (χ0v) is 9.68. The maximum Gasteiger partial charge on any atom is 0.0900 e. The SMILES string of the molecule is COCC(O)CN(C)Cc1cccn1C. The Hall–Kier alpha value is -0.840. The Bertz CT molecular complexity index is 286. The van der Waals surface area contributed by atoms with Crippen molar-refractivity contribution in [3.05, 3.63) is 24.0 Å². The lowest BCUT2D eigenvalue weighted by molar-refractivity contribution is 0.0415. The molecule has 15 heavy (non-hydrogen) atoms. The van der Waals surface area contributed by atoms with Gasteiger partial charge in [0.2, 0.25) is 0 Å². The topological polar surface area (TPSA) is 37.6 Å². The van der Waals surface area contributed by atoms with Crippen LogP contribution in [0.4, 0.5) is 0 Å². The first-order valence-corrected chi connectivity index (χ1v) is 5.09. The second kappa shape index (κ2) is 5.90. The summed E-state index contributed by atoms with van der Waals surface area (Å²) in [6.45, 7) is 1.85. The first-order valence-electron chi connectivity index (χ1n) is 5.09. The number of methoxy groups -OCH3 is 1. The fourth-order valence-electron chi connectivity index (χ4n) is 1.61. The summed E-state index contributed by atoms with van der Waals surface area (Å²) in [4.78, 5) is 2.08. The lowest BCUT2D eigenvalue weighted by Crippen LogP contribution is -2.32. The number of ether oxygens (including phenoxy) is 1. The van der Waals surface area contributed by atoms with Gasteiger partial charge in [0, 0.05) is 39.1 Å². The Morgan fingerprint density at radius 3 is 2.87 bits per heavy atom. The molecule has 4 nitrogen and oxygen atoms in total. The van der Waals surface area contributed by atoms with Gasteiger partial charge in [-0.1, -0.05) is 0 Å². The number of rotatable bonds is 6. The van der Waals surface area contributed by atoms with Crippen molar-refractivity contribution < 1.29 is 9.84 Å². The van der Waals surface area contributed by atoms with Gasteiger partial charge in [-0.05, 0) is 19.2 Å². The van der Waals surface area contributed by atoms with Crippen LogP contribution in [0.5, 0.6) is 0 Å². The van der Waals surface area contributed by atoms with E-state index in [0.29, 0.717) is 13.2 Å². The predicted octanol–water partition coefficient (Wildman–Crippen LogP) is 0.464. The van der Waals surface area contributed by atoms with Crippen LogP contribution in [-0.4, -0.2) is 48.0 Å². The summed E-state index contributed by atoms with van der Waals surface area (Å²) in [5.74, 6) is 0. The van der Waals surface area contributed by atoms with Crippen LogP contribution in [0, 0.1) is 0 Å². The molecule has 4 heteroatoms. The van der Waals surface area contributed by atoms with Gasteiger partial charge in [0.15, 0.2) is 0 Å².